The number of aromatic nitrogens is 1. The lowest BCUT2D eigenvalue weighted by Crippen LogP contribution is -1.90. The maximum Gasteiger partial charge on any atom is 0.166 e. The number of hydrogen-bond donors (Lipinski definition) is 0. The minimum Gasteiger partial charge on any atom is -0.497 e. The van der Waals surface area contributed by atoms with E-state index in [-0.39, 0.29) is 0 Å². The number of ether oxygens (including phenoxy) is 1. The monoisotopic (exact) mass is 215 g/mol. The van der Waals surface area contributed by atoms with Crippen molar-refractivity contribution in [3.8, 4) is 16.9 Å². The summed E-state index contributed by atoms with van der Waals surface area (Å²) in [6, 6.07) is 9.63. The second kappa shape index (κ2) is 4.23. The highest BCUT2D eigenvalue weighted by Crippen LogP contribution is 2.24. The van der Waals surface area contributed by atoms with Crippen LogP contribution >= 0.6 is 0 Å². The van der Waals surface area contributed by atoms with Crippen LogP contribution < -0.4 is 4.74 Å². The van der Waals surface area contributed by atoms with E-state index < -0.39 is 0 Å². The molecule has 0 atom stereocenters. The van der Waals surface area contributed by atoms with Crippen LogP contribution in [-0.2, 0) is 7.05 Å². The van der Waals surface area contributed by atoms with Crippen LogP contribution in [-0.4, -0.2) is 18.0 Å². The summed E-state index contributed by atoms with van der Waals surface area (Å²) in [5.41, 5.74) is 2.73. The molecule has 0 fully saturated rings. The number of benzene rings is 1. The number of nitrogens with zero attached hydrogens (tertiary/aromatic N) is 1. The van der Waals surface area contributed by atoms with Crippen LogP contribution in [0.3, 0.4) is 0 Å². The number of rotatable bonds is 3. The SMILES string of the molecule is COc1cccc(-c2cc(C=O)n(C)c2)c1. The summed E-state index contributed by atoms with van der Waals surface area (Å²) in [4.78, 5) is 10.7. The molecule has 2 rings (SSSR count). The van der Waals surface area contributed by atoms with E-state index in [1.807, 2.05) is 48.1 Å². The van der Waals surface area contributed by atoms with E-state index >= 15 is 0 Å². The molecule has 0 aliphatic rings. The van der Waals surface area contributed by atoms with Crippen LogP contribution in [0.1, 0.15) is 10.5 Å². The van der Waals surface area contributed by atoms with Gasteiger partial charge in [0.15, 0.2) is 6.29 Å². The molecule has 3 heteroatoms. The van der Waals surface area contributed by atoms with E-state index in [4.69, 9.17) is 4.74 Å². The predicted octanol–water partition coefficient (Wildman–Crippen LogP) is 2.51. The predicted molar refractivity (Wildman–Crippen MR) is 62.8 cm³/mol. The molecule has 1 aromatic carbocycles. The summed E-state index contributed by atoms with van der Waals surface area (Å²) in [7, 11) is 3.49. The Balaban J connectivity index is 2.45. The molecule has 0 N–H and O–H groups in total. The topological polar surface area (TPSA) is 31.2 Å². The maximum atomic E-state index is 10.7. The van der Waals surface area contributed by atoms with Crippen LogP contribution in [0.2, 0.25) is 0 Å². The molecule has 0 aliphatic heterocycles. The number of aldehydes is 1. The summed E-state index contributed by atoms with van der Waals surface area (Å²) in [5, 5.41) is 0. The Morgan fingerprint density at radius 3 is 2.69 bits per heavy atom. The first-order valence-corrected chi connectivity index (χ1v) is 5.00. The summed E-state index contributed by atoms with van der Waals surface area (Å²) in [6.45, 7) is 0. The van der Waals surface area contributed by atoms with E-state index in [9.17, 15) is 4.79 Å². The van der Waals surface area contributed by atoms with Crippen LogP contribution in [0.25, 0.3) is 11.1 Å². The van der Waals surface area contributed by atoms with Gasteiger partial charge in [-0.2, -0.15) is 0 Å². The number of aryl methyl sites for hydroxylation is 1. The number of methoxy groups -OCH3 is 1. The Hall–Kier alpha value is -2.03. The molecule has 0 saturated carbocycles. The highest BCUT2D eigenvalue weighted by Gasteiger charge is 2.05. The van der Waals surface area contributed by atoms with Crippen molar-refractivity contribution in [1.82, 2.24) is 4.57 Å². The van der Waals surface area contributed by atoms with Gasteiger partial charge in [-0.15, -0.1) is 0 Å². The van der Waals surface area contributed by atoms with Gasteiger partial charge in [-0.1, -0.05) is 12.1 Å². The third-order valence-electron chi connectivity index (χ3n) is 2.57. The Kier molecular flexibility index (Phi) is 2.77. The van der Waals surface area contributed by atoms with Gasteiger partial charge in [0.05, 0.1) is 12.8 Å². The van der Waals surface area contributed by atoms with E-state index in [2.05, 4.69) is 0 Å². The molecule has 0 spiro atoms. The molecule has 0 unspecified atom stereocenters. The summed E-state index contributed by atoms with van der Waals surface area (Å²) in [5.74, 6) is 0.814. The zero-order chi connectivity index (χ0) is 11.5. The summed E-state index contributed by atoms with van der Waals surface area (Å²) >= 11 is 0. The maximum absolute atomic E-state index is 10.7. The minimum atomic E-state index is 0.665. The zero-order valence-electron chi connectivity index (χ0n) is 9.31. The van der Waals surface area contributed by atoms with Gasteiger partial charge >= 0.3 is 0 Å². The minimum absolute atomic E-state index is 0.665. The van der Waals surface area contributed by atoms with Gasteiger partial charge in [0.1, 0.15) is 5.75 Å². The summed E-state index contributed by atoms with van der Waals surface area (Å²) < 4.78 is 6.97. The van der Waals surface area contributed by atoms with Crippen LogP contribution in [0.15, 0.2) is 36.5 Å². The quantitative estimate of drug-likeness (QED) is 0.737. The van der Waals surface area contributed by atoms with Crippen LogP contribution in [0.5, 0.6) is 5.75 Å². The summed E-state index contributed by atoms with van der Waals surface area (Å²) in [6.07, 6.45) is 2.78. The lowest BCUT2D eigenvalue weighted by atomic mass is 10.1. The average Bonchev–Trinajstić information content (AvgIpc) is 2.71. The number of carbonyl (C=O) groups is 1. The molecule has 1 aromatic heterocycles. The molecule has 3 nitrogen and oxygen atoms in total. The second-order valence-electron chi connectivity index (χ2n) is 3.61. The van der Waals surface area contributed by atoms with Crippen LogP contribution in [0, 0.1) is 0 Å². The highest BCUT2D eigenvalue weighted by molar-refractivity contribution is 5.78. The normalized spacial score (nSPS) is 10.1. The molecule has 0 radical (unpaired) electrons. The van der Waals surface area contributed by atoms with E-state index in [0.717, 1.165) is 23.2 Å². The Morgan fingerprint density at radius 1 is 1.25 bits per heavy atom. The van der Waals surface area contributed by atoms with Gasteiger partial charge in [0, 0.05) is 18.8 Å². The Morgan fingerprint density at radius 2 is 2.06 bits per heavy atom. The van der Waals surface area contributed by atoms with Gasteiger partial charge in [-0.3, -0.25) is 4.79 Å². The Bertz CT molecular complexity index is 514. The van der Waals surface area contributed by atoms with Crippen molar-refractivity contribution < 1.29 is 9.53 Å². The second-order valence-corrected chi connectivity index (χ2v) is 3.61. The van der Waals surface area contributed by atoms with Crippen molar-refractivity contribution in [2.75, 3.05) is 7.11 Å². The standard InChI is InChI=1S/C13H13NO2/c1-14-8-11(6-12(14)9-15)10-4-3-5-13(7-10)16-2/h3-9H,1-2H3. The van der Waals surface area contributed by atoms with Gasteiger partial charge in [-0.25, -0.2) is 0 Å². The molecule has 2 aromatic rings. The van der Waals surface area contributed by atoms with Crippen molar-refractivity contribution in [1.29, 1.82) is 0 Å². The first kappa shape index (κ1) is 10.5. The fourth-order valence-electron chi connectivity index (χ4n) is 1.66. The van der Waals surface area contributed by atoms with Gasteiger partial charge in [-0.05, 0) is 23.8 Å². The molecular weight excluding hydrogens is 202 g/mol. The lowest BCUT2D eigenvalue weighted by molar-refractivity contribution is 0.111. The van der Waals surface area contributed by atoms with Gasteiger partial charge in [0.25, 0.3) is 0 Å². The van der Waals surface area contributed by atoms with E-state index in [0.29, 0.717) is 5.69 Å². The number of hydrogen-bond acceptors (Lipinski definition) is 2. The van der Waals surface area contributed by atoms with Crippen molar-refractivity contribution in [3.63, 3.8) is 0 Å². The van der Waals surface area contributed by atoms with Crippen molar-refractivity contribution in [3.05, 3.63) is 42.2 Å². The zero-order valence-corrected chi connectivity index (χ0v) is 9.31. The smallest absolute Gasteiger partial charge is 0.166 e. The first-order chi connectivity index (χ1) is 7.74. The molecule has 0 aliphatic carbocycles. The fourth-order valence-corrected chi connectivity index (χ4v) is 1.66. The molecule has 82 valence electrons. The number of carbonyl (C=O) groups excluding carboxylic acids is 1. The van der Waals surface area contributed by atoms with E-state index in [1.54, 1.807) is 7.11 Å². The molecule has 0 amide bonds. The molecule has 0 saturated heterocycles. The third-order valence-corrected chi connectivity index (χ3v) is 2.57. The lowest BCUT2D eigenvalue weighted by Gasteiger charge is -2.01. The largest absolute Gasteiger partial charge is 0.497 e. The molecule has 1 heterocycles. The fraction of sp³-hybridized carbons (Fsp3) is 0.154. The highest BCUT2D eigenvalue weighted by atomic mass is 16.5. The molecular formula is C13H13NO2. The van der Waals surface area contributed by atoms with Gasteiger partial charge < -0.3 is 9.30 Å². The van der Waals surface area contributed by atoms with Crippen LogP contribution in [0.4, 0.5) is 0 Å². The van der Waals surface area contributed by atoms with E-state index in [1.165, 1.54) is 0 Å². The van der Waals surface area contributed by atoms with Crippen molar-refractivity contribution in [2.24, 2.45) is 7.05 Å². The third kappa shape index (κ3) is 1.84. The van der Waals surface area contributed by atoms with Crippen molar-refractivity contribution >= 4 is 6.29 Å². The Labute approximate surface area is 94.3 Å². The van der Waals surface area contributed by atoms with Gasteiger partial charge in [0.2, 0.25) is 0 Å². The van der Waals surface area contributed by atoms with Crippen molar-refractivity contribution in [2.45, 2.75) is 0 Å². The average molecular weight is 215 g/mol. The molecule has 0 bridgehead atoms. The first-order valence-electron chi connectivity index (χ1n) is 5.00. The molecule has 16 heavy (non-hydrogen) atoms.